The van der Waals surface area contributed by atoms with E-state index >= 15 is 0 Å². The van der Waals surface area contributed by atoms with Crippen molar-refractivity contribution in [2.75, 3.05) is 26.3 Å². The molecule has 2 aromatic rings. The van der Waals surface area contributed by atoms with Crippen molar-refractivity contribution in [3.8, 4) is 0 Å². The Balaban J connectivity index is 1.56. The molecule has 0 spiro atoms. The molecule has 29 heavy (non-hydrogen) atoms. The van der Waals surface area contributed by atoms with Gasteiger partial charge in [0.15, 0.2) is 0 Å². The van der Waals surface area contributed by atoms with E-state index in [1.165, 1.54) is 0 Å². The largest absolute Gasteiger partial charge is 0.481 e. The molecule has 2 aromatic carbocycles. The molecule has 1 amide bonds. The summed E-state index contributed by atoms with van der Waals surface area (Å²) in [5.74, 6) is -1.10. The Morgan fingerprint density at radius 1 is 1.03 bits per heavy atom. The van der Waals surface area contributed by atoms with Crippen molar-refractivity contribution in [1.29, 1.82) is 0 Å². The average molecular weight is 393 g/mol. The molecule has 0 aromatic heterocycles. The van der Waals surface area contributed by atoms with Crippen LogP contribution >= 0.6 is 0 Å². The Bertz CT molecular complexity index is 812. The molecule has 0 unspecified atom stereocenters. The van der Waals surface area contributed by atoms with Crippen LogP contribution < -0.4 is 0 Å². The van der Waals surface area contributed by atoms with Crippen molar-refractivity contribution >= 4 is 11.9 Å². The molecule has 2 aliphatic rings. The third-order valence-electron chi connectivity index (χ3n) is 6.44. The summed E-state index contributed by atoms with van der Waals surface area (Å²) >= 11 is 0. The topological polar surface area (TPSA) is 66.8 Å². The van der Waals surface area contributed by atoms with E-state index in [0.29, 0.717) is 39.0 Å². The molecule has 0 radical (unpaired) electrons. The molecule has 152 valence electrons. The molecule has 0 saturated carbocycles. The monoisotopic (exact) mass is 393 g/mol. The van der Waals surface area contributed by atoms with E-state index in [4.69, 9.17) is 4.74 Å². The van der Waals surface area contributed by atoms with Crippen LogP contribution in [0.4, 0.5) is 0 Å². The van der Waals surface area contributed by atoms with Crippen molar-refractivity contribution in [1.82, 2.24) is 4.90 Å². The lowest BCUT2D eigenvalue weighted by molar-refractivity contribution is -0.157. The fourth-order valence-corrected chi connectivity index (χ4v) is 4.77. The van der Waals surface area contributed by atoms with Gasteiger partial charge in [-0.25, -0.2) is 0 Å². The first-order valence-electron chi connectivity index (χ1n) is 10.3. The number of carbonyl (C=O) groups excluding carboxylic acids is 1. The van der Waals surface area contributed by atoms with Crippen LogP contribution in [0.5, 0.6) is 0 Å². The summed E-state index contributed by atoms with van der Waals surface area (Å²) < 4.78 is 5.54. The molecular weight excluding hydrogens is 366 g/mol. The van der Waals surface area contributed by atoms with Gasteiger partial charge in [-0.3, -0.25) is 9.59 Å². The minimum absolute atomic E-state index is 0.0488. The fraction of sp³-hybridized carbons (Fsp3) is 0.417. The lowest BCUT2D eigenvalue weighted by Gasteiger charge is -2.34. The molecular formula is C24H27NO4. The Kier molecular flexibility index (Phi) is 5.67. The molecule has 0 aliphatic carbocycles. The highest BCUT2D eigenvalue weighted by Crippen LogP contribution is 2.43. The number of fused-ring (bicyclic) bond motifs is 1. The van der Waals surface area contributed by atoms with Gasteiger partial charge >= 0.3 is 5.97 Å². The maximum Gasteiger partial charge on any atom is 0.311 e. The number of hydrogen-bond acceptors (Lipinski definition) is 3. The summed E-state index contributed by atoms with van der Waals surface area (Å²) in [6.07, 6.45) is 1.76. The van der Waals surface area contributed by atoms with Crippen molar-refractivity contribution in [3.63, 3.8) is 0 Å². The first-order valence-corrected chi connectivity index (χ1v) is 10.3. The molecule has 2 heterocycles. The molecule has 2 aliphatic heterocycles. The molecule has 2 saturated heterocycles. The summed E-state index contributed by atoms with van der Waals surface area (Å²) in [6.45, 7) is 1.61. The smallest absolute Gasteiger partial charge is 0.311 e. The van der Waals surface area contributed by atoms with Crippen LogP contribution in [-0.4, -0.2) is 48.2 Å². The van der Waals surface area contributed by atoms with Gasteiger partial charge in [0.2, 0.25) is 5.91 Å². The van der Waals surface area contributed by atoms with Crippen LogP contribution in [0.15, 0.2) is 60.7 Å². The number of nitrogens with zero attached hydrogens (tertiary/aromatic N) is 1. The lowest BCUT2D eigenvalue weighted by atomic mass is 9.74. The number of aliphatic carboxylic acids is 1. The van der Waals surface area contributed by atoms with Crippen LogP contribution in [0.3, 0.4) is 0 Å². The van der Waals surface area contributed by atoms with E-state index in [1.807, 2.05) is 60.7 Å². The van der Waals surface area contributed by atoms with Gasteiger partial charge in [-0.2, -0.15) is 0 Å². The molecule has 0 bridgehead atoms. The number of benzene rings is 2. The number of carboxylic acids is 1. The number of likely N-dealkylation sites (tertiary alicyclic amines) is 1. The summed E-state index contributed by atoms with van der Waals surface area (Å²) in [4.78, 5) is 27.4. The second-order valence-electron chi connectivity index (χ2n) is 8.28. The maximum absolute atomic E-state index is 13.6. The quantitative estimate of drug-likeness (QED) is 0.819. The van der Waals surface area contributed by atoms with E-state index in [9.17, 15) is 14.7 Å². The Labute approximate surface area is 171 Å². The van der Waals surface area contributed by atoms with Crippen molar-refractivity contribution in [2.24, 2.45) is 17.3 Å². The minimum Gasteiger partial charge on any atom is -0.481 e. The van der Waals surface area contributed by atoms with E-state index in [2.05, 4.69) is 0 Å². The average Bonchev–Trinajstić information content (AvgIpc) is 3.15. The molecule has 4 rings (SSSR count). The van der Waals surface area contributed by atoms with Crippen molar-refractivity contribution in [3.05, 3.63) is 71.8 Å². The Morgan fingerprint density at radius 2 is 1.62 bits per heavy atom. The SMILES string of the molecule is O=C(C(Cc1ccccc1)Cc1ccccc1)N1C[C@H]2COCC[C@@]2(C(=O)O)C1. The summed E-state index contributed by atoms with van der Waals surface area (Å²) in [5.41, 5.74) is 1.38. The van der Waals surface area contributed by atoms with Gasteiger partial charge in [-0.05, 0) is 30.4 Å². The van der Waals surface area contributed by atoms with Gasteiger partial charge in [-0.1, -0.05) is 60.7 Å². The van der Waals surface area contributed by atoms with Gasteiger partial charge in [-0.15, -0.1) is 0 Å². The zero-order valence-electron chi connectivity index (χ0n) is 16.5. The van der Waals surface area contributed by atoms with E-state index in [1.54, 1.807) is 4.90 Å². The van der Waals surface area contributed by atoms with Crippen molar-refractivity contribution < 1.29 is 19.4 Å². The molecule has 2 fully saturated rings. The maximum atomic E-state index is 13.6. The van der Waals surface area contributed by atoms with E-state index in [-0.39, 0.29) is 24.3 Å². The normalized spacial score (nSPS) is 23.8. The van der Waals surface area contributed by atoms with Crippen LogP contribution in [-0.2, 0) is 27.2 Å². The highest BCUT2D eigenvalue weighted by molar-refractivity contribution is 5.83. The molecule has 5 nitrogen and oxygen atoms in total. The fourth-order valence-electron chi connectivity index (χ4n) is 4.77. The molecule has 1 N–H and O–H groups in total. The summed E-state index contributed by atoms with van der Waals surface area (Å²) in [5, 5.41) is 9.91. The predicted octanol–water partition coefficient (Wildman–Crippen LogP) is 3.04. The van der Waals surface area contributed by atoms with Gasteiger partial charge in [0.05, 0.1) is 12.0 Å². The van der Waals surface area contributed by atoms with E-state index in [0.717, 1.165) is 11.1 Å². The molecule has 2 atom stereocenters. The summed E-state index contributed by atoms with van der Waals surface area (Å²) in [6, 6.07) is 20.1. The third-order valence-corrected chi connectivity index (χ3v) is 6.44. The predicted molar refractivity (Wildman–Crippen MR) is 109 cm³/mol. The highest BCUT2D eigenvalue weighted by Gasteiger charge is 2.55. The number of carbonyl (C=O) groups is 2. The highest BCUT2D eigenvalue weighted by atomic mass is 16.5. The lowest BCUT2D eigenvalue weighted by Crippen LogP contribution is -2.45. The van der Waals surface area contributed by atoms with Crippen LogP contribution in [0, 0.1) is 17.3 Å². The van der Waals surface area contributed by atoms with Gasteiger partial charge < -0.3 is 14.7 Å². The van der Waals surface area contributed by atoms with Crippen LogP contribution in [0.2, 0.25) is 0 Å². The number of rotatable bonds is 6. The molecule has 5 heteroatoms. The Morgan fingerprint density at radius 3 is 2.14 bits per heavy atom. The van der Waals surface area contributed by atoms with Crippen LogP contribution in [0.1, 0.15) is 17.5 Å². The van der Waals surface area contributed by atoms with Crippen LogP contribution in [0.25, 0.3) is 0 Å². The zero-order chi connectivity index (χ0) is 20.3. The van der Waals surface area contributed by atoms with Gasteiger partial charge in [0, 0.05) is 31.5 Å². The second-order valence-corrected chi connectivity index (χ2v) is 8.28. The number of amides is 1. The first kappa shape index (κ1) is 19.6. The van der Waals surface area contributed by atoms with E-state index < -0.39 is 11.4 Å². The van der Waals surface area contributed by atoms with Gasteiger partial charge in [0.1, 0.15) is 0 Å². The number of hydrogen-bond donors (Lipinski definition) is 1. The first-order chi connectivity index (χ1) is 14.1. The van der Waals surface area contributed by atoms with Gasteiger partial charge in [0.25, 0.3) is 0 Å². The third kappa shape index (κ3) is 4.06. The second kappa shape index (κ2) is 8.37. The number of ether oxygens (including phenoxy) is 1. The minimum atomic E-state index is -0.863. The van der Waals surface area contributed by atoms with Crippen molar-refractivity contribution in [2.45, 2.75) is 19.3 Å². The Hall–Kier alpha value is -2.66. The summed E-state index contributed by atoms with van der Waals surface area (Å²) in [7, 11) is 0. The number of carboxylic acid groups (broad SMARTS) is 1. The zero-order valence-corrected chi connectivity index (χ0v) is 16.5. The standard InChI is InChI=1S/C24H27NO4/c26-22(25-15-21-16-29-12-11-24(21,17-25)23(27)28)20(13-18-7-3-1-4-8-18)14-19-9-5-2-6-10-19/h1-10,20-21H,11-17H2,(H,27,28)/t21-,24+/m0/s1.